The van der Waals surface area contributed by atoms with E-state index in [9.17, 15) is 35.5 Å². The van der Waals surface area contributed by atoms with Crippen molar-refractivity contribution in [2.45, 2.75) is 13.8 Å². The van der Waals surface area contributed by atoms with Crippen LogP contribution in [0.15, 0.2) is 95.4 Å². The number of hydrogen-bond acceptors (Lipinski definition) is 14. The predicted molar refractivity (Wildman–Crippen MR) is 176 cm³/mol. The number of nitrogens with one attached hydrogen (secondary N) is 2. The Morgan fingerprint density at radius 3 is 1.34 bits per heavy atom. The molecule has 14 nitrogen and oxygen atoms in total. The zero-order valence-electron chi connectivity index (χ0n) is 27.0. The van der Waals surface area contributed by atoms with Crippen LogP contribution < -0.4 is 70.0 Å². The van der Waals surface area contributed by atoms with Crippen molar-refractivity contribution >= 4 is 64.4 Å². The molecule has 0 amide bonds. The third-order valence-corrected chi connectivity index (χ3v) is 9.25. The first kappa shape index (κ1) is 39.1. The quantitative estimate of drug-likeness (QED) is 0.118. The number of Topliss-reactive ketones (excluding diaryl/α,β-unsaturated/α-hetero) is 2. The van der Waals surface area contributed by atoms with Crippen LogP contribution in [0.25, 0.3) is 20.9 Å². The van der Waals surface area contributed by atoms with E-state index in [-0.39, 0.29) is 93.1 Å². The van der Waals surface area contributed by atoms with Crippen LogP contribution in [-0.2, 0) is 20.2 Å². The molecule has 2 aromatic carbocycles. The first-order chi connectivity index (χ1) is 22.7. The van der Waals surface area contributed by atoms with Crippen LogP contribution in [0.1, 0.15) is 43.2 Å². The van der Waals surface area contributed by atoms with Crippen LogP contribution >= 0.6 is 0 Å². The molecule has 0 fully saturated rings. The first-order valence-corrected chi connectivity index (χ1v) is 16.8. The number of fused-ring (bicyclic) bond motifs is 2. The van der Waals surface area contributed by atoms with E-state index < -0.39 is 41.6 Å². The van der Waals surface area contributed by atoms with Gasteiger partial charge in [-0.15, -0.1) is 0 Å². The Bertz CT molecular complexity index is 2260. The molecule has 0 spiro atoms. The summed E-state index contributed by atoms with van der Waals surface area (Å²) in [5, 5.41) is 8.15. The number of benzene rings is 2. The van der Waals surface area contributed by atoms with Crippen molar-refractivity contribution in [3.63, 3.8) is 0 Å². The normalized spacial score (nSPS) is 15.6. The maximum atomic E-state index is 12.9. The van der Waals surface area contributed by atoms with Gasteiger partial charge in [-0.05, 0) is 96.8 Å². The average Bonchev–Trinajstić information content (AvgIpc) is 3.04. The number of anilines is 2. The van der Waals surface area contributed by atoms with Crippen molar-refractivity contribution in [1.82, 2.24) is 9.97 Å². The van der Waals surface area contributed by atoms with Crippen LogP contribution in [0.3, 0.4) is 0 Å². The summed E-state index contributed by atoms with van der Waals surface area (Å²) in [5.74, 6) is -1.29. The summed E-state index contributed by atoms with van der Waals surface area (Å²) in [5.41, 5.74) is 8.52. The maximum Gasteiger partial charge on any atom is 1.00 e. The van der Waals surface area contributed by atoms with Gasteiger partial charge in [-0.1, -0.05) is 12.1 Å². The van der Waals surface area contributed by atoms with Crippen molar-refractivity contribution in [3.05, 3.63) is 119 Å². The van der Waals surface area contributed by atoms with Gasteiger partial charge < -0.3 is 9.11 Å². The van der Waals surface area contributed by atoms with E-state index in [1.807, 2.05) is 12.1 Å². The van der Waals surface area contributed by atoms with Crippen molar-refractivity contribution in [1.29, 1.82) is 0 Å². The molecule has 2 heterocycles. The van der Waals surface area contributed by atoms with Gasteiger partial charge in [0.1, 0.15) is 43.0 Å². The van der Waals surface area contributed by atoms with E-state index in [0.717, 1.165) is 34.4 Å². The zero-order valence-corrected chi connectivity index (χ0v) is 32.6. The van der Waals surface area contributed by atoms with Gasteiger partial charge in [0, 0.05) is 23.5 Å². The van der Waals surface area contributed by atoms with Gasteiger partial charge in [-0.2, -0.15) is 10.2 Å². The second-order valence-corrected chi connectivity index (χ2v) is 13.4. The van der Waals surface area contributed by atoms with Crippen LogP contribution in [0.2, 0.25) is 0 Å². The summed E-state index contributed by atoms with van der Waals surface area (Å²) in [6.07, 6.45) is 4.48. The van der Waals surface area contributed by atoms with Crippen molar-refractivity contribution in [3.8, 4) is 11.1 Å². The molecule has 0 aliphatic heterocycles. The van der Waals surface area contributed by atoms with Gasteiger partial charge in [0.2, 0.25) is 11.6 Å². The standard InChI is InChI=1S/C32H24N6O8S2.2Na/c1-17-13-19(7-9-23(17)35-37-25-15-27(47(41,42)43)21-5-3-11-33-29(21)31(25)39)20-8-10-24(18(2)14-20)36-38-26-16-28(48(44,45)46)22-6-4-12-34-30(22)32(26)40;;/h3-16,35-36H,1-2H3,(H,41,42,43)(H,44,45,46);;/q;2*+1/p-2/b37-25-,38-26-;;. The van der Waals surface area contributed by atoms with E-state index in [1.165, 1.54) is 36.7 Å². The van der Waals surface area contributed by atoms with E-state index in [0.29, 0.717) is 11.4 Å². The summed E-state index contributed by atoms with van der Waals surface area (Å²) in [4.78, 5) is 32.5. The molecule has 242 valence electrons. The average molecular weight is 729 g/mol. The SMILES string of the molecule is Cc1cc(-c2ccc(N/N=C3/C=C(S(=O)(=O)[O-])c4cccnc4C3=O)c(C)c2)ccc1N/N=C1/C=C(S(=O)(=O)[O-])c2cccnc2C1=O.[Na+].[Na+]. The molecule has 0 bridgehead atoms. The Hall–Kier alpha value is -3.68. The minimum absolute atomic E-state index is 0. The van der Waals surface area contributed by atoms with Gasteiger partial charge in [0.05, 0.1) is 21.2 Å². The molecule has 2 aliphatic rings. The van der Waals surface area contributed by atoms with Gasteiger partial charge in [-0.25, -0.2) is 16.8 Å². The molecule has 0 atom stereocenters. The molecule has 18 heteroatoms. The number of aryl methyl sites for hydroxylation is 2. The molecule has 0 saturated heterocycles. The number of hydrogen-bond donors (Lipinski definition) is 2. The van der Waals surface area contributed by atoms with Crippen LogP contribution in [0.5, 0.6) is 0 Å². The second-order valence-electron chi connectivity index (χ2n) is 10.7. The number of allylic oxidation sites excluding steroid dienone is 2. The number of rotatable bonds is 7. The number of ketones is 2. The number of carbonyl (C=O) groups excluding carboxylic acids is 2. The molecule has 0 unspecified atom stereocenters. The number of pyridine rings is 2. The molecular weight excluding hydrogens is 707 g/mol. The van der Waals surface area contributed by atoms with Crippen LogP contribution in [-0.4, -0.2) is 58.9 Å². The molecule has 2 aromatic heterocycles. The monoisotopic (exact) mass is 728 g/mol. The first-order valence-electron chi connectivity index (χ1n) is 14.0. The topological polar surface area (TPSA) is 223 Å². The van der Waals surface area contributed by atoms with Crippen molar-refractivity contribution < 1.29 is 94.6 Å². The third kappa shape index (κ3) is 7.94. The summed E-state index contributed by atoms with van der Waals surface area (Å²) >= 11 is 0. The molecular formula is C32H22N6Na2O8S2. The van der Waals surface area contributed by atoms with E-state index in [1.54, 1.807) is 38.1 Å². The number of carbonyl (C=O) groups is 2. The summed E-state index contributed by atoms with van der Waals surface area (Å²) in [7, 11) is -9.83. The molecule has 4 aromatic rings. The second kappa shape index (κ2) is 15.3. The van der Waals surface area contributed by atoms with Crippen molar-refractivity contribution in [2.75, 3.05) is 10.9 Å². The molecule has 6 rings (SSSR count). The van der Waals surface area contributed by atoms with Crippen molar-refractivity contribution in [2.24, 2.45) is 10.2 Å². The van der Waals surface area contributed by atoms with Gasteiger partial charge in [0.15, 0.2) is 0 Å². The number of aromatic nitrogens is 2. The Morgan fingerprint density at radius 2 is 1.00 bits per heavy atom. The maximum absolute atomic E-state index is 12.9. The van der Waals surface area contributed by atoms with Gasteiger partial charge >= 0.3 is 59.1 Å². The molecule has 2 aliphatic carbocycles. The number of nitrogens with zero attached hydrogens (tertiary/aromatic N) is 4. The van der Waals surface area contributed by atoms with Gasteiger partial charge in [0.25, 0.3) is 0 Å². The fourth-order valence-corrected chi connectivity index (χ4v) is 6.49. The van der Waals surface area contributed by atoms with Crippen LogP contribution in [0, 0.1) is 13.8 Å². The Labute approximate surface area is 331 Å². The minimum Gasteiger partial charge on any atom is -0.744 e. The molecule has 0 saturated carbocycles. The predicted octanol–water partition coefficient (Wildman–Crippen LogP) is -2.13. The molecule has 0 radical (unpaired) electrons. The Kier molecular flexibility index (Phi) is 12.0. The van der Waals surface area contributed by atoms with Gasteiger partial charge in [-0.3, -0.25) is 30.4 Å². The zero-order chi connectivity index (χ0) is 34.4. The minimum atomic E-state index is -4.91. The fourth-order valence-electron chi connectivity index (χ4n) is 5.11. The van der Waals surface area contributed by atoms with Crippen LogP contribution in [0.4, 0.5) is 11.4 Å². The fraction of sp³-hybridized carbons (Fsp3) is 0.0625. The Morgan fingerprint density at radius 1 is 0.620 bits per heavy atom. The Balaban J connectivity index is 0.00000281. The third-order valence-electron chi connectivity index (χ3n) is 7.50. The molecule has 2 N–H and O–H groups in total. The smallest absolute Gasteiger partial charge is 0.744 e. The van der Waals surface area contributed by atoms with E-state index >= 15 is 0 Å². The van der Waals surface area contributed by atoms with E-state index in [4.69, 9.17) is 0 Å². The largest absolute Gasteiger partial charge is 1.00 e. The van der Waals surface area contributed by atoms with E-state index in [2.05, 4.69) is 31.0 Å². The summed E-state index contributed by atoms with van der Waals surface area (Å²) in [6.45, 7) is 3.60. The summed E-state index contributed by atoms with van der Waals surface area (Å²) < 4.78 is 71.1. The summed E-state index contributed by atoms with van der Waals surface area (Å²) in [6, 6.07) is 16.2. The number of hydrazone groups is 2. The molecule has 50 heavy (non-hydrogen) atoms.